The summed E-state index contributed by atoms with van der Waals surface area (Å²) in [5.74, 6) is -0.941. The van der Waals surface area contributed by atoms with Crippen molar-refractivity contribution in [3.05, 3.63) is 29.8 Å². The van der Waals surface area contributed by atoms with E-state index in [4.69, 9.17) is 0 Å². The molecule has 1 unspecified atom stereocenters. The molecule has 0 spiro atoms. The maximum absolute atomic E-state index is 13.7. The third-order valence-electron chi connectivity index (χ3n) is 3.23. The zero-order valence-corrected chi connectivity index (χ0v) is 10.0. The minimum atomic E-state index is -0.471. The summed E-state index contributed by atoms with van der Waals surface area (Å²) >= 11 is 0. The summed E-state index contributed by atoms with van der Waals surface area (Å²) in [7, 11) is 0. The van der Waals surface area contributed by atoms with Crippen molar-refractivity contribution < 1.29 is 8.78 Å². The Labute approximate surface area is 101 Å². The number of nitrogens with one attached hydrogen (secondary N) is 1. The monoisotopic (exact) mass is 240 g/mol. The molecule has 1 fully saturated rings. The van der Waals surface area contributed by atoms with Crippen LogP contribution >= 0.6 is 0 Å². The van der Waals surface area contributed by atoms with Crippen LogP contribution < -0.4 is 10.2 Å². The number of para-hydroxylation sites is 1. The predicted molar refractivity (Wildman–Crippen MR) is 65.3 cm³/mol. The van der Waals surface area contributed by atoms with Gasteiger partial charge in [-0.1, -0.05) is 13.0 Å². The summed E-state index contributed by atoms with van der Waals surface area (Å²) in [6.07, 6.45) is 1.87. The number of halogens is 2. The first-order valence-electron chi connectivity index (χ1n) is 6.14. The summed E-state index contributed by atoms with van der Waals surface area (Å²) in [5.41, 5.74) is 0.120. The van der Waals surface area contributed by atoms with Crippen molar-refractivity contribution >= 4 is 5.69 Å². The summed E-state index contributed by atoms with van der Waals surface area (Å²) < 4.78 is 27.4. The molecule has 2 rings (SSSR count). The van der Waals surface area contributed by atoms with Crippen LogP contribution in [0.15, 0.2) is 18.2 Å². The molecule has 1 heterocycles. The molecule has 1 N–H and O–H groups in total. The van der Waals surface area contributed by atoms with E-state index in [-0.39, 0.29) is 5.69 Å². The standard InChI is InChI=1S/C13H18F2N2/c1-2-10-9-17(8-4-7-16-10)13-11(14)5-3-6-12(13)15/h3,5-6,10,16H,2,4,7-9H2,1H3. The quantitative estimate of drug-likeness (QED) is 0.854. The van der Waals surface area contributed by atoms with E-state index in [1.54, 1.807) is 0 Å². The Kier molecular flexibility index (Phi) is 3.94. The molecular weight excluding hydrogens is 222 g/mol. The molecule has 2 nitrogen and oxygen atoms in total. The number of hydrogen-bond acceptors (Lipinski definition) is 2. The molecule has 1 aromatic carbocycles. The molecule has 0 amide bonds. The Bertz CT molecular complexity index is 361. The molecule has 1 aromatic rings. The Hall–Kier alpha value is -1.16. The van der Waals surface area contributed by atoms with E-state index in [9.17, 15) is 8.78 Å². The minimum Gasteiger partial charge on any atom is -0.365 e. The fourth-order valence-electron chi connectivity index (χ4n) is 2.27. The highest BCUT2D eigenvalue weighted by molar-refractivity contribution is 5.49. The molecule has 0 bridgehead atoms. The van der Waals surface area contributed by atoms with Crippen molar-refractivity contribution in [1.82, 2.24) is 5.32 Å². The van der Waals surface area contributed by atoms with Gasteiger partial charge < -0.3 is 10.2 Å². The van der Waals surface area contributed by atoms with Gasteiger partial charge in [-0.05, 0) is 31.5 Å². The topological polar surface area (TPSA) is 15.3 Å². The van der Waals surface area contributed by atoms with Crippen molar-refractivity contribution in [3.63, 3.8) is 0 Å². The first-order chi connectivity index (χ1) is 8.22. The van der Waals surface area contributed by atoms with E-state index >= 15 is 0 Å². The molecule has 1 atom stereocenters. The number of benzene rings is 1. The second kappa shape index (κ2) is 5.45. The van der Waals surface area contributed by atoms with Gasteiger partial charge in [0.2, 0.25) is 0 Å². The summed E-state index contributed by atoms with van der Waals surface area (Å²) in [4.78, 5) is 1.82. The van der Waals surface area contributed by atoms with Crippen LogP contribution in [0.4, 0.5) is 14.5 Å². The van der Waals surface area contributed by atoms with Gasteiger partial charge >= 0.3 is 0 Å². The van der Waals surface area contributed by atoms with Crippen molar-refractivity contribution in [1.29, 1.82) is 0 Å². The number of rotatable bonds is 2. The van der Waals surface area contributed by atoms with Crippen LogP contribution in [0.3, 0.4) is 0 Å². The van der Waals surface area contributed by atoms with Gasteiger partial charge in [0.15, 0.2) is 0 Å². The van der Waals surface area contributed by atoms with Gasteiger partial charge in [0.05, 0.1) is 0 Å². The molecule has 0 saturated carbocycles. The van der Waals surface area contributed by atoms with E-state index in [0.717, 1.165) is 19.4 Å². The van der Waals surface area contributed by atoms with Gasteiger partial charge in [-0.2, -0.15) is 0 Å². The largest absolute Gasteiger partial charge is 0.365 e. The van der Waals surface area contributed by atoms with E-state index in [1.807, 2.05) is 4.90 Å². The van der Waals surface area contributed by atoms with Gasteiger partial charge in [-0.25, -0.2) is 8.78 Å². The highest BCUT2D eigenvalue weighted by Crippen LogP contribution is 2.24. The Morgan fingerprint density at radius 2 is 2.06 bits per heavy atom. The number of hydrogen-bond donors (Lipinski definition) is 1. The maximum atomic E-state index is 13.7. The third kappa shape index (κ3) is 2.75. The Morgan fingerprint density at radius 1 is 1.35 bits per heavy atom. The number of anilines is 1. The van der Waals surface area contributed by atoms with Crippen LogP contribution in [-0.2, 0) is 0 Å². The van der Waals surface area contributed by atoms with Crippen LogP contribution in [0, 0.1) is 11.6 Å². The van der Waals surface area contributed by atoms with Gasteiger partial charge in [0.1, 0.15) is 17.3 Å². The third-order valence-corrected chi connectivity index (χ3v) is 3.23. The fourth-order valence-corrected chi connectivity index (χ4v) is 2.27. The molecule has 1 aliphatic heterocycles. The Balaban J connectivity index is 2.25. The molecule has 94 valence electrons. The van der Waals surface area contributed by atoms with Crippen LogP contribution in [-0.4, -0.2) is 25.7 Å². The van der Waals surface area contributed by atoms with E-state index in [1.165, 1.54) is 18.2 Å². The average molecular weight is 240 g/mol. The van der Waals surface area contributed by atoms with Crippen molar-refractivity contribution in [2.45, 2.75) is 25.8 Å². The molecular formula is C13H18F2N2. The first kappa shape index (κ1) is 12.3. The van der Waals surface area contributed by atoms with Gasteiger partial charge in [0, 0.05) is 19.1 Å². The van der Waals surface area contributed by atoms with Crippen LogP contribution in [0.25, 0.3) is 0 Å². The second-order valence-corrected chi connectivity index (χ2v) is 4.43. The van der Waals surface area contributed by atoms with Crippen molar-refractivity contribution in [2.75, 3.05) is 24.5 Å². The van der Waals surface area contributed by atoms with Crippen LogP contribution in [0.5, 0.6) is 0 Å². The minimum absolute atomic E-state index is 0.120. The van der Waals surface area contributed by atoms with E-state index in [0.29, 0.717) is 19.1 Å². The van der Waals surface area contributed by atoms with Crippen molar-refractivity contribution in [2.24, 2.45) is 0 Å². The smallest absolute Gasteiger partial charge is 0.149 e. The van der Waals surface area contributed by atoms with Gasteiger partial charge in [-0.15, -0.1) is 0 Å². The molecule has 0 aliphatic carbocycles. The van der Waals surface area contributed by atoms with Crippen LogP contribution in [0.1, 0.15) is 19.8 Å². The van der Waals surface area contributed by atoms with Crippen molar-refractivity contribution in [3.8, 4) is 0 Å². The molecule has 1 saturated heterocycles. The normalized spacial score (nSPS) is 21.4. The molecule has 0 radical (unpaired) electrons. The fraction of sp³-hybridized carbons (Fsp3) is 0.538. The molecule has 4 heteroatoms. The second-order valence-electron chi connectivity index (χ2n) is 4.43. The molecule has 17 heavy (non-hydrogen) atoms. The zero-order valence-electron chi connectivity index (χ0n) is 10.0. The molecule has 0 aromatic heterocycles. The van der Waals surface area contributed by atoms with Crippen LogP contribution in [0.2, 0.25) is 0 Å². The predicted octanol–water partition coefficient (Wildman–Crippen LogP) is 2.54. The summed E-state index contributed by atoms with van der Waals surface area (Å²) in [5, 5.41) is 3.38. The lowest BCUT2D eigenvalue weighted by Crippen LogP contribution is -2.37. The zero-order chi connectivity index (χ0) is 12.3. The lowest BCUT2D eigenvalue weighted by molar-refractivity contribution is 0.519. The first-order valence-corrected chi connectivity index (χ1v) is 6.14. The number of nitrogens with zero attached hydrogens (tertiary/aromatic N) is 1. The lowest BCUT2D eigenvalue weighted by Gasteiger charge is -2.26. The Morgan fingerprint density at radius 3 is 2.71 bits per heavy atom. The average Bonchev–Trinajstić information content (AvgIpc) is 2.54. The summed E-state index contributed by atoms with van der Waals surface area (Å²) in [6.45, 7) is 4.35. The molecule has 1 aliphatic rings. The van der Waals surface area contributed by atoms with Gasteiger partial charge in [0.25, 0.3) is 0 Å². The van der Waals surface area contributed by atoms with E-state index in [2.05, 4.69) is 12.2 Å². The highest BCUT2D eigenvalue weighted by Gasteiger charge is 2.21. The maximum Gasteiger partial charge on any atom is 0.149 e. The SMILES string of the molecule is CCC1CN(c2c(F)cccc2F)CCCN1. The van der Waals surface area contributed by atoms with E-state index < -0.39 is 11.6 Å². The summed E-state index contributed by atoms with van der Waals surface area (Å²) in [6, 6.07) is 4.34. The van der Waals surface area contributed by atoms with Gasteiger partial charge in [-0.3, -0.25) is 0 Å². The highest BCUT2D eigenvalue weighted by atomic mass is 19.1. The lowest BCUT2D eigenvalue weighted by atomic mass is 10.2.